The Morgan fingerprint density at radius 2 is 1.90 bits per heavy atom. The van der Waals surface area contributed by atoms with Crippen LogP contribution >= 0.6 is 0 Å². The van der Waals surface area contributed by atoms with Gasteiger partial charge >= 0.3 is 0 Å². The zero-order chi connectivity index (χ0) is 21.3. The molecule has 6 nitrogen and oxygen atoms in total. The van der Waals surface area contributed by atoms with Gasteiger partial charge in [0.1, 0.15) is 0 Å². The third-order valence-corrected chi connectivity index (χ3v) is 7.52. The highest BCUT2D eigenvalue weighted by Crippen LogP contribution is 2.31. The Hall–Kier alpha value is -2.51. The van der Waals surface area contributed by atoms with E-state index in [1.165, 1.54) is 0 Å². The fourth-order valence-electron chi connectivity index (χ4n) is 3.84. The molecule has 3 aromatic rings. The summed E-state index contributed by atoms with van der Waals surface area (Å²) in [6.45, 7) is 7.05. The van der Waals surface area contributed by atoms with Gasteiger partial charge in [-0.25, -0.2) is 8.42 Å². The van der Waals surface area contributed by atoms with E-state index in [0.29, 0.717) is 35.6 Å². The number of benzene rings is 2. The summed E-state index contributed by atoms with van der Waals surface area (Å²) in [6.07, 6.45) is 1.59. The van der Waals surface area contributed by atoms with Crippen molar-refractivity contribution in [2.45, 2.75) is 50.3 Å². The Balaban J connectivity index is 1.53. The molecule has 2 aromatic carbocycles. The van der Waals surface area contributed by atoms with E-state index in [2.05, 4.69) is 24.0 Å². The van der Waals surface area contributed by atoms with Crippen molar-refractivity contribution in [2.24, 2.45) is 0 Å². The molecule has 0 radical (unpaired) electrons. The Morgan fingerprint density at radius 1 is 1.13 bits per heavy atom. The van der Waals surface area contributed by atoms with Crippen LogP contribution in [-0.2, 0) is 10.0 Å². The van der Waals surface area contributed by atoms with Crippen LogP contribution in [0.15, 0.2) is 57.9 Å². The second-order valence-corrected chi connectivity index (χ2v) is 10.2. The maximum Gasteiger partial charge on any atom is 0.243 e. The molecule has 1 saturated heterocycles. The van der Waals surface area contributed by atoms with Gasteiger partial charge in [0.15, 0.2) is 0 Å². The Labute approximate surface area is 178 Å². The van der Waals surface area contributed by atoms with Gasteiger partial charge in [0, 0.05) is 18.7 Å². The molecule has 30 heavy (non-hydrogen) atoms. The van der Waals surface area contributed by atoms with Crippen molar-refractivity contribution in [2.75, 3.05) is 13.1 Å². The summed E-state index contributed by atoms with van der Waals surface area (Å²) in [4.78, 5) is 4.90. The van der Waals surface area contributed by atoms with Crippen LogP contribution in [0.4, 0.5) is 0 Å². The molecule has 7 heteroatoms. The minimum absolute atomic E-state index is 0.102. The van der Waals surface area contributed by atoms with E-state index in [-0.39, 0.29) is 5.92 Å². The van der Waals surface area contributed by atoms with Crippen molar-refractivity contribution in [1.29, 1.82) is 0 Å². The van der Waals surface area contributed by atoms with Crippen LogP contribution < -0.4 is 0 Å². The van der Waals surface area contributed by atoms with E-state index >= 15 is 0 Å². The Morgan fingerprint density at radius 3 is 2.60 bits per heavy atom. The van der Waals surface area contributed by atoms with Gasteiger partial charge in [-0.2, -0.15) is 9.29 Å². The van der Waals surface area contributed by atoms with Crippen LogP contribution in [0.3, 0.4) is 0 Å². The van der Waals surface area contributed by atoms with E-state index in [1.54, 1.807) is 16.4 Å². The Kier molecular flexibility index (Phi) is 5.75. The fraction of sp³-hybridized carbons (Fsp3) is 0.391. The number of nitrogens with zero attached hydrogens (tertiary/aromatic N) is 3. The normalized spacial score (nSPS) is 18.1. The lowest BCUT2D eigenvalue weighted by molar-refractivity contribution is 0.265. The minimum atomic E-state index is -3.55. The average Bonchev–Trinajstić information content (AvgIpc) is 3.24. The molecule has 1 atom stereocenters. The molecule has 158 valence electrons. The summed E-state index contributed by atoms with van der Waals surface area (Å²) in [5, 5.41) is 4.12. The molecule has 0 bridgehead atoms. The largest absolute Gasteiger partial charge is 0.339 e. The number of hydrogen-bond acceptors (Lipinski definition) is 5. The maximum absolute atomic E-state index is 13.2. The highest BCUT2D eigenvalue weighted by Gasteiger charge is 2.33. The Bertz CT molecular complexity index is 1120. The predicted octanol–water partition coefficient (Wildman–Crippen LogP) is 4.74. The first-order valence-corrected chi connectivity index (χ1v) is 11.8. The second kappa shape index (κ2) is 8.32. The lowest BCUT2D eigenvalue weighted by atomic mass is 10.00. The lowest BCUT2D eigenvalue weighted by Crippen LogP contribution is -2.39. The summed E-state index contributed by atoms with van der Waals surface area (Å²) >= 11 is 0. The van der Waals surface area contributed by atoms with Crippen molar-refractivity contribution in [1.82, 2.24) is 14.4 Å². The maximum atomic E-state index is 13.2. The zero-order valence-corrected chi connectivity index (χ0v) is 18.4. The van der Waals surface area contributed by atoms with Gasteiger partial charge in [0.2, 0.25) is 21.7 Å². The number of rotatable bonds is 5. The summed E-state index contributed by atoms with van der Waals surface area (Å²) in [5.74, 6) is 1.30. The molecule has 0 unspecified atom stereocenters. The molecule has 1 aromatic heterocycles. The molecule has 1 aliphatic heterocycles. The molecule has 0 saturated carbocycles. The summed E-state index contributed by atoms with van der Waals surface area (Å²) in [7, 11) is -3.55. The topological polar surface area (TPSA) is 76.3 Å². The summed E-state index contributed by atoms with van der Waals surface area (Å²) < 4.78 is 33.4. The highest BCUT2D eigenvalue weighted by molar-refractivity contribution is 7.89. The molecular weight excluding hydrogens is 398 g/mol. The molecule has 2 heterocycles. The van der Waals surface area contributed by atoms with Crippen LogP contribution in [0.1, 0.15) is 55.5 Å². The number of aryl methyl sites for hydroxylation is 1. The van der Waals surface area contributed by atoms with Gasteiger partial charge in [-0.1, -0.05) is 54.9 Å². The lowest BCUT2D eigenvalue weighted by Gasteiger charge is -2.30. The third-order valence-electron chi connectivity index (χ3n) is 5.64. The summed E-state index contributed by atoms with van der Waals surface area (Å²) in [6, 6.07) is 15.1. The van der Waals surface area contributed by atoms with Gasteiger partial charge in [-0.3, -0.25) is 0 Å². The molecule has 1 aliphatic rings. The first kappa shape index (κ1) is 20.8. The number of piperidine rings is 1. The van der Waals surface area contributed by atoms with Crippen LogP contribution in [0.25, 0.3) is 11.4 Å². The second-order valence-electron chi connectivity index (χ2n) is 8.25. The first-order valence-electron chi connectivity index (χ1n) is 10.4. The van der Waals surface area contributed by atoms with Gasteiger partial charge < -0.3 is 4.52 Å². The molecule has 0 N–H and O–H groups in total. The van der Waals surface area contributed by atoms with Crippen LogP contribution in [0, 0.1) is 6.92 Å². The van der Waals surface area contributed by atoms with Gasteiger partial charge in [0.25, 0.3) is 0 Å². The number of hydrogen-bond donors (Lipinski definition) is 0. The van der Waals surface area contributed by atoms with E-state index < -0.39 is 10.0 Å². The van der Waals surface area contributed by atoms with Crippen molar-refractivity contribution in [3.05, 3.63) is 65.5 Å². The zero-order valence-electron chi connectivity index (χ0n) is 17.6. The van der Waals surface area contributed by atoms with Gasteiger partial charge in [-0.05, 0) is 49.4 Å². The summed E-state index contributed by atoms with van der Waals surface area (Å²) in [5.41, 5.74) is 3.15. The average molecular weight is 426 g/mol. The van der Waals surface area contributed by atoms with E-state index in [1.807, 2.05) is 43.3 Å². The quantitative estimate of drug-likeness (QED) is 0.590. The fourth-order valence-corrected chi connectivity index (χ4v) is 5.36. The minimum Gasteiger partial charge on any atom is -0.339 e. The predicted molar refractivity (Wildman–Crippen MR) is 116 cm³/mol. The molecular formula is C23H27N3O3S. The molecule has 0 spiro atoms. The third kappa shape index (κ3) is 4.18. The number of aromatic nitrogens is 2. The molecule has 4 rings (SSSR count). The van der Waals surface area contributed by atoms with Crippen LogP contribution in [0.2, 0.25) is 0 Å². The van der Waals surface area contributed by atoms with E-state index in [9.17, 15) is 8.42 Å². The smallest absolute Gasteiger partial charge is 0.243 e. The standard InChI is InChI=1S/C23H27N3O3S/c1-16(2)18-9-11-21(12-10-18)30(27,28)26-13-5-8-20(15-26)23-24-22(25-29-23)19-7-4-6-17(3)14-19/h4,6-7,9-12,14,16,20H,5,8,13,15H2,1-3H3/t20-/m1/s1. The molecule has 0 aliphatic carbocycles. The highest BCUT2D eigenvalue weighted by atomic mass is 32.2. The molecule has 0 amide bonds. The monoisotopic (exact) mass is 425 g/mol. The van der Waals surface area contributed by atoms with Crippen molar-refractivity contribution < 1.29 is 12.9 Å². The van der Waals surface area contributed by atoms with Crippen molar-refractivity contribution in [3.63, 3.8) is 0 Å². The SMILES string of the molecule is Cc1cccc(-c2noc([C@@H]3CCCN(S(=O)(=O)c4ccc(C(C)C)cc4)C3)n2)c1. The van der Waals surface area contributed by atoms with Crippen molar-refractivity contribution in [3.8, 4) is 11.4 Å². The van der Waals surface area contributed by atoms with Crippen LogP contribution in [0.5, 0.6) is 0 Å². The van der Waals surface area contributed by atoms with Gasteiger partial charge in [-0.15, -0.1) is 0 Å². The number of sulfonamides is 1. The van der Waals surface area contributed by atoms with E-state index in [4.69, 9.17) is 4.52 Å². The first-order chi connectivity index (χ1) is 14.3. The van der Waals surface area contributed by atoms with Gasteiger partial charge in [0.05, 0.1) is 10.8 Å². The van der Waals surface area contributed by atoms with Crippen molar-refractivity contribution >= 4 is 10.0 Å². The van der Waals surface area contributed by atoms with Crippen LogP contribution in [-0.4, -0.2) is 36.0 Å². The molecule has 1 fully saturated rings. The van der Waals surface area contributed by atoms with E-state index in [0.717, 1.165) is 29.5 Å².